The first kappa shape index (κ1) is 26.4. The minimum Gasteiger partial charge on any atom is -0.490 e. The van der Waals surface area contributed by atoms with Crippen LogP contribution in [0.2, 0.25) is 0 Å². The molecule has 0 spiro atoms. The van der Waals surface area contributed by atoms with Gasteiger partial charge in [0.15, 0.2) is 0 Å². The van der Waals surface area contributed by atoms with Gasteiger partial charge in [-0.2, -0.15) is 6.20 Å². The van der Waals surface area contributed by atoms with E-state index in [1.165, 1.54) is 0 Å². The van der Waals surface area contributed by atoms with Crippen molar-refractivity contribution in [1.82, 2.24) is 9.88 Å². The van der Waals surface area contributed by atoms with Gasteiger partial charge in [-0.3, -0.25) is 4.79 Å². The van der Waals surface area contributed by atoms with Crippen molar-refractivity contribution in [2.24, 2.45) is 12.0 Å². The Labute approximate surface area is 194 Å². The standard InChI is InChI=1S/C16H16N3OS.C2H6.CH4.Yb/c1-4-9-17-15(20)10-13-7-5-6-8-14(13)18-16-19(3)11-12(2)21-16;1-2;;/h1,5-8H,9-10H2,2-3H3,(H,17,20);1-2H3;1H4;/q-1;;;. The van der Waals surface area contributed by atoms with Crippen LogP contribution in [0.3, 0.4) is 0 Å². The molecule has 0 saturated heterocycles. The van der Waals surface area contributed by atoms with Crippen LogP contribution in [0.4, 0.5) is 5.69 Å². The number of para-hydroxylation sites is 1. The predicted octanol–water partition coefficient (Wildman–Crippen LogP) is 3.38. The second-order valence-electron chi connectivity index (χ2n) is 4.51. The van der Waals surface area contributed by atoms with Crippen LogP contribution in [-0.2, 0) is 18.3 Å². The van der Waals surface area contributed by atoms with Crippen LogP contribution in [0.5, 0.6) is 0 Å². The van der Waals surface area contributed by atoms with Gasteiger partial charge in [0, 0.05) is 57.4 Å². The average Bonchev–Trinajstić information content (AvgIpc) is 2.87. The third-order valence-electron chi connectivity index (χ3n) is 2.80. The molecule has 1 heterocycles. The van der Waals surface area contributed by atoms with E-state index in [1.54, 1.807) is 11.3 Å². The van der Waals surface area contributed by atoms with E-state index in [2.05, 4.69) is 22.4 Å². The summed E-state index contributed by atoms with van der Waals surface area (Å²) >= 11 is 1.56. The minimum absolute atomic E-state index is 0. The molecular formula is C19H26N3OSYb-. The van der Waals surface area contributed by atoms with E-state index in [0.717, 1.165) is 20.9 Å². The summed E-state index contributed by atoms with van der Waals surface area (Å²) in [7, 11) is 1.91. The summed E-state index contributed by atoms with van der Waals surface area (Å²) in [4.78, 5) is 18.3. The normalized spacial score (nSPS) is 9.64. The van der Waals surface area contributed by atoms with E-state index in [-0.39, 0.29) is 73.2 Å². The van der Waals surface area contributed by atoms with Crippen molar-refractivity contribution in [2.75, 3.05) is 6.54 Å². The van der Waals surface area contributed by atoms with Crippen LogP contribution >= 0.6 is 11.3 Å². The summed E-state index contributed by atoms with van der Waals surface area (Å²) in [5, 5.41) is 2.66. The number of rotatable bonds is 4. The number of carbonyl (C=O) groups excluding carboxylic acids is 1. The van der Waals surface area contributed by atoms with E-state index < -0.39 is 0 Å². The molecule has 0 atom stereocenters. The zero-order chi connectivity index (χ0) is 17.2. The Kier molecular flexibility index (Phi) is 15.2. The van der Waals surface area contributed by atoms with Gasteiger partial charge in [0.2, 0.25) is 5.91 Å². The van der Waals surface area contributed by atoms with Crippen molar-refractivity contribution < 1.29 is 51.7 Å². The molecule has 6 heteroatoms. The number of carbonyl (C=O) groups is 1. The average molecular weight is 518 g/mol. The van der Waals surface area contributed by atoms with Gasteiger partial charge in [0.05, 0.1) is 13.0 Å². The summed E-state index contributed by atoms with van der Waals surface area (Å²) < 4.78 is 1.86. The van der Waals surface area contributed by atoms with E-state index in [1.807, 2.05) is 56.7 Å². The summed E-state index contributed by atoms with van der Waals surface area (Å²) in [6.45, 7) is 6.23. The van der Waals surface area contributed by atoms with E-state index in [9.17, 15) is 4.79 Å². The van der Waals surface area contributed by atoms with Gasteiger partial charge < -0.3 is 14.9 Å². The van der Waals surface area contributed by atoms with Gasteiger partial charge in [-0.25, -0.2) is 11.3 Å². The third kappa shape index (κ3) is 8.91. The number of thiazole rings is 1. The largest absolute Gasteiger partial charge is 0.490 e. The number of aryl methyl sites for hydroxylation is 2. The molecule has 25 heavy (non-hydrogen) atoms. The number of nitrogens with one attached hydrogen (secondary N) is 1. The van der Waals surface area contributed by atoms with Gasteiger partial charge in [-0.05, 0) is 25.6 Å². The van der Waals surface area contributed by atoms with Crippen molar-refractivity contribution in [3.63, 3.8) is 0 Å². The molecule has 0 saturated carbocycles. The van der Waals surface area contributed by atoms with Gasteiger partial charge in [-0.15, -0.1) is 6.42 Å². The molecule has 0 fully saturated rings. The number of amides is 1. The fourth-order valence-corrected chi connectivity index (χ4v) is 2.65. The molecule has 1 amide bonds. The molecule has 0 bridgehead atoms. The Morgan fingerprint density at radius 2 is 2.04 bits per heavy atom. The zero-order valence-corrected chi connectivity index (χ0v) is 16.8. The summed E-state index contributed by atoms with van der Waals surface area (Å²) in [6.07, 6.45) is 8.55. The second-order valence-corrected chi connectivity index (χ2v) is 5.69. The summed E-state index contributed by atoms with van der Waals surface area (Å²) in [6, 6.07) is 7.61. The topological polar surface area (TPSA) is 46.4 Å². The van der Waals surface area contributed by atoms with Gasteiger partial charge in [-0.1, -0.05) is 50.3 Å². The number of nitrogens with zero attached hydrogens (tertiary/aromatic N) is 2. The van der Waals surface area contributed by atoms with E-state index in [4.69, 9.17) is 6.42 Å². The molecule has 1 aromatic carbocycles. The summed E-state index contributed by atoms with van der Waals surface area (Å²) in [5.74, 6) is 2.29. The van der Waals surface area contributed by atoms with Crippen LogP contribution in [0, 0.1) is 72.4 Å². The van der Waals surface area contributed by atoms with E-state index >= 15 is 0 Å². The molecule has 1 aromatic heterocycles. The van der Waals surface area contributed by atoms with Gasteiger partial charge >= 0.3 is 0 Å². The zero-order valence-electron chi connectivity index (χ0n) is 14.3. The van der Waals surface area contributed by atoms with E-state index in [0.29, 0.717) is 0 Å². The maximum absolute atomic E-state index is 11.8. The molecule has 2 rings (SSSR count). The van der Waals surface area contributed by atoms with Crippen LogP contribution in [0.25, 0.3) is 0 Å². The Morgan fingerprint density at radius 1 is 1.40 bits per heavy atom. The first-order chi connectivity index (χ1) is 11.1. The molecule has 2 aromatic rings. The quantitative estimate of drug-likeness (QED) is 0.491. The monoisotopic (exact) mass is 518 g/mol. The molecule has 0 unspecified atom stereocenters. The maximum Gasteiger partial charge on any atom is 0.225 e. The van der Waals surface area contributed by atoms with Gasteiger partial charge in [0.1, 0.15) is 0 Å². The Balaban J connectivity index is 0. The smallest absolute Gasteiger partial charge is 0.225 e. The minimum atomic E-state index is -0.103. The number of hydrogen-bond acceptors (Lipinski definition) is 3. The Hall–Kier alpha value is -0.801. The molecule has 0 aliphatic heterocycles. The van der Waals surface area contributed by atoms with Crippen LogP contribution in [0.1, 0.15) is 31.7 Å². The number of aromatic nitrogens is 1. The van der Waals surface area contributed by atoms with Crippen molar-refractivity contribution in [3.8, 4) is 12.3 Å². The molecule has 0 radical (unpaired) electrons. The number of benzene rings is 1. The molecular weight excluding hydrogens is 491 g/mol. The fourth-order valence-electron chi connectivity index (χ4n) is 1.87. The summed E-state index contributed by atoms with van der Waals surface area (Å²) in [5.41, 5.74) is 1.66. The molecule has 0 aliphatic rings. The first-order valence-corrected chi connectivity index (χ1v) is 8.30. The fraction of sp³-hybridized carbons (Fsp3) is 0.368. The molecule has 4 nitrogen and oxygen atoms in total. The van der Waals surface area contributed by atoms with Crippen LogP contribution < -0.4 is 10.1 Å². The van der Waals surface area contributed by atoms with Crippen LogP contribution in [0.15, 0.2) is 29.3 Å². The maximum atomic E-state index is 11.8. The van der Waals surface area contributed by atoms with Crippen molar-refractivity contribution in [3.05, 3.63) is 45.7 Å². The predicted molar refractivity (Wildman–Crippen MR) is 102 cm³/mol. The number of hydrogen-bond donors (Lipinski definition) is 1. The molecule has 1 N–H and O–H groups in total. The van der Waals surface area contributed by atoms with Crippen molar-refractivity contribution in [2.45, 2.75) is 34.6 Å². The van der Waals surface area contributed by atoms with Crippen LogP contribution in [-0.4, -0.2) is 17.0 Å². The number of terminal acetylenes is 1. The molecule has 0 aliphatic carbocycles. The Morgan fingerprint density at radius 3 is 2.60 bits per heavy atom. The van der Waals surface area contributed by atoms with Crippen molar-refractivity contribution in [1.29, 1.82) is 0 Å². The SMILES string of the molecule is C.C#CCNC(=O)Cc1ccccc1N=c1sc(C)[c-]n1C.CC.[Yb]. The first-order valence-electron chi connectivity index (χ1n) is 7.48. The van der Waals surface area contributed by atoms with Gasteiger partial charge in [0.25, 0.3) is 0 Å². The Bertz CT molecular complexity index is 757. The third-order valence-corrected chi connectivity index (χ3v) is 3.75. The second kappa shape index (κ2) is 14.4. The molecule has 144 valence electrons. The van der Waals surface area contributed by atoms with Crippen molar-refractivity contribution >= 4 is 22.9 Å².